The van der Waals surface area contributed by atoms with Crippen molar-refractivity contribution in [1.82, 2.24) is 9.80 Å². The van der Waals surface area contributed by atoms with Crippen LogP contribution < -0.4 is 0 Å². The topological polar surface area (TPSA) is 32.8 Å². The molecule has 4 nitrogen and oxygen atoms in total. The van der Waals surface area contributed by atoms with Crippen LogP contribution in [0.15, 0.2) is 72.8 Å². The van der Waals surface area contributed by atoms with Crippen molar-refractivity contribution in [2.24, 2.45) is 0 Å². The molecule has 1 aliphatic heterocycles. The average molecular weight is 517 g/mol. The van der Waals surface area contributed by atoms with Crippen molar-refractivity contribution in [2.45, 2.75) is 25.8 Å². The van der Waals surface area contributed by atoms with Crippen LogP contribution in [0.1, 0.15) is 38.7 Å². The minimum atomic E-state index is -4.37. The Morgan fingerprint density at radius 2 is 1.53 bits per heavy atom. The molecular weight excluding hydrogens is 489 g/mol. The number of amides is 1. The van der Waals surface area contributed by atoms with Gasteiger partial charge in [0.2, 0.25) is 0 Å². The minimum Gasteiger partial charge on any atom is -0.368 e. The molecule has 1 aliphatic rings. The van der Waals surface area contributed by atoms with E-state index < -0.39 is 11.7 Å². The maximum atomic E-state index is 12.9. The number of aryl methyl sites for hydroxylation is 1. The lowest BCUT2D eigenvalue weighted by Gasteiger charge is -2.36. The van der Waals surface area contributed by atoms with E-state index in [0.29, 0.717) is 48.9 Å². The lowest BCUT2D eigenvalue weighted by Crippen LogP contribution is -2.49. The Kier molecular flexibility index (Phi) is 8.34. The van der Waals surface area contributed by atoms with E-state index in [9.17, 15) is 18.0 Å². The molecule has 1 fully saturated rings. The van der Waals surface area contributed by atoms with Gasteiger partial charge in [0.25, 0.3) is 5.91 Å². The molecule has 36 heavy (non-hydrogen) atoms. The quantitative estimate of drug-likeness (QED) is 0.365. The van der Waals surface area contributed by atoms with Gasteiger partial charge in [0.15, 0.2) is 0 Å². The number of piperazine rings is 1. The SMILES string of the molecule is Cc1ccc(C(=O)N2CCN(CC(OCc3ccc(C(F)(F)F)cc3)c3ccc(Cl)cc3)CC2)cc1. The molecule has 1 unspecified atom stereocenters. The first-order valence-electron chi connectivity index (χ1n) is 11.8. The Hall–Kier alpha value is -2.87. The lowest BCUT2D eigenvalue weighted by atomic mass is 10.1. The van der Waals surface area contributed by atoms with Gasteiger partial charge in [-0.05, 0) is 54.4 Å². The zero-order chi connectivity index (χ0) is 25.7. The second-order valence-corrected chi connectivity index (χ2v) is 9.44. The van der Waals surface area contributed by atoms with Crippen LogP contribution >= 0.6 is 11.6 Å². The van der Waals surface area contributed by atoms with Gasteiger partial charge in [-0.1, -0.05) is 53.6 Å². The summed E-state index contributed by atoms with van der Waals surface area (Å²) in [6.45, 7) is 5.38. The molecule has 4 rings (SSSR count). The number of halogens is 4. The van der Waals surface area contributed by atoms with Crippen molar-refractivity contribution in [3.63, 3.8) is 0 Å². The molecule has 1 saturated heterocycles. The molecule has 0 radical (unpaired) electrons. The number of carbonyl (C=O) groups excluding carboxylic acids is 1. The van der Waals surface area contributed by atoms with E-state index in [1.807, 2.05) is 48.2 Å². The van der Waals surface area contributed by atoms with Gasteiger partial charge in [0.05, 0.1) is 18.3 Å². The van der Waals surface area contributed by atoms with Crippen molar-refractivity contribution in [2.75, 3.05) is 32.7 Å². The van der Waals surface area contributed by atoms with Crippen molar-refractivity contribution >= 4 is 17.5 Å². The molecule has 1 atom stereocenters. The summed E-state index contributed by atoms with van der Waals surface area (Å²) >= 11 is 6.06. The summed E-state index contributed by atoms with van der Waals surface area (Å²) in [5.74, 6) is 0.0301. The number of benzene rings is 3. The van der Waals surface area contributed by atoms with E-state index in [0.717, 1.165) is 23.3 Å². The number of ether oxygens (including phenoxy) is 1. The van der Waals surface area contributed by atoms with Crippen LogP contribution in [0.2, 0.25) is 5.02 Å². The lowest BCUT2D eigenvalue weighted by molar-refractivity contribution is -0.137. The van der Waals surface area contributed by atoms with Crippen LogP contribution in [0.25, 0.3) is 0 Å². The summed E-state index contributed by atoms with van der Waals surface area (Å²) in [5, 5.41) is 0.614. The van der Waals surface area contributed by atoms with E-state index >= 15 is 0 Å². The second kappa shape index (κ2) is 11.5. The normalized spacial score (nSPS) is 15.6. The van der Waals surface area contributed by atoms with Crippen molar-refractivity contribution in [3.8, 4) is 0 Å². The monoisotopic (exact) mass is 516 g/mol. The fourth-order valence-electron chi connectivity index (χ4n) is 4.17. The molecule has 3 aromatic carbocycles. The molecule has 0 saturated carbocycles. The van der Waals surface area contributed by atoms with Crippen molar-refractivity contribution < 1.29 is 22.7 Å². The number of carbonyl (C=O) groups is 1. The summed E-state index contributed by atoms with van der Waals surface area (Å²) in [4.78, 5) is 16.9. The fraction of sp³-hybridized carbons (Fsp3) is 0.321. The predicted octanol–water partition coefficient (Wildman–Crippen LogP) is 6.38. The number of alkyl halides is 3. The highest BCUT2D eigenvalue weighted by atomic mass is 35.5. The van der Waals surface area contributed by atoms with Crippen LogP contribution in [-0.2, 0) is 17.5 Å². The Morgan fingerprint density at radius 1 is 0.917 bits per heavy atom. The van der Waals surface area contributed by atoms with Gasteiger partial charge >= 0.3 is 6.18 Å². The molecular formula is C28H28ClF3N2O2. The fourth-order valence-corrected chi connectivity index (χ4v) is 4.29. The highest BCUT2D eigenvalue weighted by Gasteiger charge is 2.30. The standard InChI is InChI=1S/C28H28ClF3N2O2/c1-20-2-6-23(7-3-20)27(35)34-16-14-33(15-17-34)18-26(22-8-12-25(29)13-9-22)36-19-21-4-10-24(11-5-21)28(30,31)32/h2-13,26H,14-19H2,1H3. The third kappa shape index (κ3) is 6.87. The van der Waals surface area contributed by atoms with Crippen LogP contribution in [0.4, 0.5) is 13.2 Å². The molecule has 8 heteroatoms. The van der Waals surface area contributed by atoms with Crippen molar-refractivity contribution in [1.29, 1.82) is 0 Å². The molecule has 0 N–H and O–H groups in total. The molecule has 3 aromatic rings. The maximum absolute atomic E-state index is 12.9. The Labute approximate surface area is 214 Å². The van der Waals surface area contributed by atoms with Gasteiger partial charge in [-0.15, -0.1) is 0 Å². The Bertz CT molecular complexity index is 1140. The summed E-state index contributed by atoms with van der Waals surface area (Å²) in [6.07, 6.45) is -4.67. The smallest absolute Gasteiger partial charge is 0.368 e. The minimum absolute atomic E-state index is 0.0301. The van der Waals surface area contributed by atoms with Crippen LogP contribution in [0, 0.1) is 6.92 Å². The van der Waals surface area contributed by atoms with Gasteiger partial charge in [0.1, 0.15) is 0 Å². The van der Waals surface area contributed by atoms with E-state index in [2.05, 4.69) is 4.90 Å². The highest BCUT2D eigenvalue weighted by molar-refractivity contribution is 6.30. The van der Waals surface area contributed by atoms with Crippen LogP contribution in [0.5, 0.6) is 0 Å². The molecule has 190 valence electrons. The summed E-state index contributed by atoms with van der Waals surface area (Å²) < 4.78 is 44.8. The van der Waals surface area contributed by atoms with Gasteiger partial charge in [-0.25, -0.2) is 0 Å². The van der Waals surface area contributed by atoms with Gasteiger partial charge in [-0.3, -0.25) is 9.69 Å². The third-order valence-electron chi connectivity index (χ3n) is 6.36. The molecule has 0 spiro atoms. The van der Waals surface area contributed by atoms with Gasteiger partial charge < -0.3 is 9.64 Å². The largest absolute Gasteiger partial charge is 0.416 e. The zero-order valence-electron chi connectivity index (χ0n) is 20.0. The summed E-state index contributed by atoms with van der Waals surface area (Å²) in [7, 11) is 0. The van der Waals surface area contributed by atoms with E-state index in [1.165, 1.54) is 12.1 Å². The first kappa shape index (κ1) is 26.2. The number of nitrogens with zero attached hydrogens (tertiary/aromatic N) is 2. The van der Waals surface area contributed by atoms with Crippen LogP contribution in [0.3, 0.4) is 0 Å². The summed E-state index contributed by atoms with van der Waals surface area (Å²) in [5.41, 5.74) is 2.72. The number of hydrogen-bond donors (Lipinski definition) is 0. The zero-order valence-corrected chi connectivity index (χ0v) is 20.7. The van der Waals surface area contributed by atoms with E-state index in [1.54, 1.807) is 12.1 Å². The molecule has 1 heterocycles. The summed E-state index contributed by atoms with van der Waals surface area (Å²) in [6, 6.07) is 20.0. The number of hydrogen-bond acceptors (Lipinski definition) is 3. The molecule has 0 aliphatic carbocycles. The predicted molar refractivity (Wildman–Crippen MR) is 134 cm³/mol. The highest BCUT2D eigenvalue weighted by Crippen LogP contribution is 2.30. The van der Waals surface area contributed by atoms with Crippen molar-refractivity contribution in [3.05, 3.63) is 106 Å². The van der Waals surface area contributed by atoms with E-state index in [-0.39, 0.29) is 18.6 Å². The molecule has 0 bridgehead atoms. The molecule has 0 aromatic heterocycles. The third-order valence-corrected chi connectivity index (χ3v) is 6.61. The second-order valence-electron chi connectivity index (χ2n) is 9.00. The number of rotatable bonds is 7. The maximum Gasteiger partial charge on any atom is 0.416 e. The van der Waals surface area contributed by atoms with E-state index in [4.69, 9.17) is 16.3 Å². The van der Waals surface area contributed by atoms with Gasteiger partial charge in [-0.2, -0.15) is 13.2 Å². The first-order valence-corrected chi connectivity index (χ1v) is 12.2. The Balaban J connectivity index is 1.38. The van der Waals surface area contributed by atoms with Gasteiger partial charge in [0, 0.05) is 43.3 Å². The first-order chi connectivity index (χ1) is 17.2. The Morgan fingerprint density at radius 3 is 2.11 bits per heavy atom. The van der Waals surface area contributed by atoms with Crippen LogP contribution in [-0.4, -0.2) is 48.4 Å². The molecule has 1 amide bonds. The average Bonchev–Trinajstić information content (AvgIpc) is 2.87.